The first-order valence-electron chi connectivity index (χ1n) is 13.8. The zero-order chi connectivity index (χ0) is 26.5. The highest BCUT2D eigenvalue weighted by Gasteiger charge is 2.64. The lowest BCUT2D eigenvalue weighted by Gasteiger charge is -2.58. The van der Waals surface area contributed by atoms with Crippen LogP contribution in [0.2, 0.25) is 0 Å². The molecule has 9 atom stereocenters. The number of allylic oxidation sites excluding steroid dienone is 1. The monoisotopic (exact) mass is 525 g/mol. The molecule has 7 heteroatoms. The predicted octanol–water partition coefficient (Wildman–Crippen LogP) is 6.71. The number of Topliss-reactive ketones (excluding diaryl/α,β-unsaturated/α-hetero) is 1. The summed E-state index contributed by atoms with van der Waals surface area (Å²) in [4.78, 5) is 37.9. The first-order chi connectivity index (χ1) is 17.5. The zero-order valence-electron chi connectivity index (χ0n) is 22.4. The molecule has 3 fully saturated rings. The van der Waals surface area contributed by atoms with Gasteiger partial charge >= 0.3 is 5.97 Å². The molecule has 0 radical (unpaired) electrons. The summed E-state index contributed by atoms with van der Waals surface area (Å²) >= 11 is 1.31. The Kier molecular flexibility index (Phi) is 7.05. The number of nitro groups is 1. The third-order valence-electron chi connectivity index (χ3n) is 10.5. The van der Waals surface area contributed by atoms with Gasteiger partial charge in [-0.3, -0.25) is 19.7 Å². The van der Waals surface area contributed by atoms with Crippen molar-refractivity contribution >= 4 is 23.5 Å². The van der Waals surface area contributed by atoms with Crippen LogP contribution in [0.15, 0.2) is 46.9 Å². The van der Waals surface area contributed by atoms with Crippen LogP contribution in [-0.4, -0.2) is 28.2 Å². The first-order valence-corrected chi connectivity index (χ1v) is 14.6. The van der Waals surface area contributed by atoms with Gasteiger partial charge in [0.05, 0.1) is 0 Å². The van der Waals surface area contributed by atoms with Gasteiger partial charge in [-0.2, -0.15) is 0 Å². The lowest BCUT2D eigenvalue weighted by molar-refractivity contribution is -0.505. The van der Waals surface area contributed by atoms with Gasteiger partial charge in [0.25, 0.3) is 5.37 Å². The Morgan fingerprint density at radius 1 is 1.11 bits per heavy atom. The number of fused-ring (bicyclic) bond motifs is 5. The van der Waals surface area contributed by atoms with Crippen LogP contribution in [0.25, 0.3) is 0 Å². The second-order valence-electron chi connectivity index (χ2n) is 12.4. The van der Waals surface area contributed by atoms with Crippen molar-refractivity contribution in [2.24, 2.45) is 40.4 Å². The molecule has 0 aliphatic heterocycles. The van der Waals surface area contributed by atoms with Gasteiger partial charge in [0.2, 0.25) is 0 Å². The van der Waals surface area contributed by atoms with Crippen LogP contribution >= 0.6 is 11.8 Å². The normalized spacial score (nSPS) is 39.4. The van der Waals surface area contributed by atoms with E-state index >= 15 is 0 Å². The Balaban J connectivity index is 1.45. The Morgan fingerprint density at radius 2 is 1.84 bits per heavy atom. The molecule has 200 valence electrons. The van der Waals surface area contributed by atoms with Crippen molar-refractivity contribution in [1.29, 1.82) is 0 Å². The molecule has 0 saturated heterocycles. The number of hydrogen-bond acceptors (Lipinski definition) is 6. The molecule has 0 spiro atoms. The summed E-state index contributed by atoms with van der Waals surface area (Å²) in [6.45, 7) is 7.78. The number of thioether (sulfide) groups is 1. The highest BCUT2D eigenvalue weighted by Crippen LogP contribution is 2.68. The molecule has 37 heavy (non-hydrogen) atoms. The van der Waals surface area contributed by atoms with E-state index in [-0.39, 0.29) is 45.4 Å². The summed E-state index contributed by atoms with van der Waals surface area (Å²) in [6.07, 6.45) is 8.75. The van der Waals surface area contributed by atoms with Gasteiger partial charge in [-0.1, -0.05) is 43.7 Å². The summed E-state index contributed by atoms with van der Waals surface area (Å²) in [7, 11) is 0. The molecule has 0 aromatic heterocycles. The summed E-state index contributed by atoms with van der Waals surface area (Å²) in [5.41, 5.74) is 1.29. The standard InChI is InChI=1S/C30H39NO5S/c1-18(32)27-24(28(31(34)35)37-22-8-6-5-7-9-22)17-26-23-11-10-20-16-21(36-19(2)33)12-14-29(20,3)25(23)13-15-30(26,27)4/h5-10,21,23-28H,11-17H2,1-4H3/t21-,23+,24-,25-,26-,27-,28?,29-,30-/m0/s1. The van der Waals surface area contributed by atoms with E-state index in [0.29, 0.717) is 17.8 Å². The van der Waals surface area contributed by atoms with E-state index in [4.69, 9.17) is 4.74 Å². The molecule has 6 nitrogen and oxygen atoms in total. The number of hydrogen-bond donors (Lipinski definition) is 0. The van der Waals surface area contributed by atoms with Gasteiger partial charge in [0, 0.05) is 35.0 Å². The molecule has 4 aliphatic rings. The van der Waals surface area contributed by atoms with Crippen LogP contribution in [-0.2, 0) is 14.3 Å². The van der Waals surface area contributed by atoms with Crippen LogP contribution in [0, 0.1) is 50.5 Å². The lowest BCUT2D eigenvalue weighted by Crippen LogP contribution is -2.51. The zero-order valence-corrected chi connectivity index (χ0v) is 23.2. The number of ketones is 1. The smallest absolute Gasteiger partial charge is 0.302 e. The van der Waals surface area contributed by atoms with Gasteiger partial charge in [0.1, 0.15) is 11.9 Å². The fourth-order valence-electron chi connectivity index (χ4n) is 9.03. The van der Waals surface area contributed by atoms with E-state index in [1.54, 1.807) is 6.92 Å². The predicted molar refractivity (Wildman–Crippen MR) is 143 cm³/mol. The molecule has 4 aliphatic carbocycles. The van der Waals surface area contributed by atoms with Gasteiger partial charge in [-0.25, -0.2) is 0 Å². The third-order valence-corrected chi connectivity index (χ3v) is 11.8. The van der Waals surface area contributed by atoms with E-state index in [1.807, 2.05) is 30.3 Å². The minimum absolute atomic E-state index is 0.0314. The molecule has 1 aromatic carbocycles. The van der Waals surface area contributed by atoms with Crippen molar-refractivity contribution < 1.29 is 19.2 Å². The van der Waals surface area contributed by atoms with Crippen molar-refractivity contribution in [3.63, 3.8) is 0 Å². The summed E-state index contributed by atoms with van der Waals surface area (Å²) in [6, 6.07) is 9.57. The SMILES string of the molecule is CC(=O)O[C@H]1CC[C@@]2(C)C(=CC[C@H]3[C@@H]4C[C@H](C(Sc5ccccc5)[N+](=O)[O-])[C@H](C(C)=O)[C@@]4(C)CC[C@@H]32)C1. The fraction of sp³-hybridized carbons (Fsp3) is 0.667. The highest BCUT2D eigenvalue weighted by molar-refractivity contribution is 7.99. The fourth-order valence-corrected chi connectivity index (χ4v) is 10.2. The number of ether oxygens (including phenoxy) is 1. The Labute approximate surface area is 224 Å². The largest absolute Gasteiger partial charge is 0.462 e. The van der Waals surface area contributed by atoms with Crippen molar-refractivity contribution in [3.05, 3.63) is 52.1 Å². The van der Waals surface area contributed by atoms with Crippen LogP contribution < -0.4 is 0 Å². The highest BCUT2D eigenvalue weighted by atomic mass is 32.2. The number of carbonyl (C=O) groups excluding carboxylic acids is 2. The van der Waals surface area contributed by atoms with Crippen molar-refractivity contribution in [2.75, 3.05) is 0 Å². The summed E-state index contributed by atoms with van der Waals surface area (Å²) in [5, 5.41) is 11.6. The Bertz CT molecular complexity index is 1100. The van der Waals surface area contributed by atoms with E-state index in [2.05, 4.69) is 19.9 Å². The molecule has 0 N–H and O–H groups in total. The third kappa shape index (κ3) is 4.55. The number of benzene rings is 1. The molecule has 0 bridgehead atoms. The van der Waals surface area contributed by atoms with Gasteiger partial charge < -0.3 is 4.74 Å². The Morgan fingerprint density at radius 3 is 2.49 bits per heavy atom. The molecular weight excluding hydrogens is 486 g/mol. The van der Waals surface area contributed by atoms with Gasteiger partial charge in [-0.05, 0) is 97.9 Å². The lowest BCUT2D eigenvalue weighted by atomic mass is 9.47. The average Bonchev–Trinajstić information content (AvgIpc) is 3.16. The molecular formula is C30H39NO5S. The minimum atomic E-state index is -0.832. The van der Waals surface area contributed by atoms with Crippen molar-refractivity contribution in [3.8, 4) is 0 Å². The number of nitrogens with zero attached hydrogens (tertiary/aromatic N) is 1. The minimum Gasteiger partial charge on any atom is -0.462 e. The quantitative estimate of drug-likeness (QED) is 0.102. The van der Waals surface area contributed by atoms with Gasteiger partial charge in [-0.15, -0.1) is 0 Å². The maximum atomic E-state index is 13.2. The molecule has 3 saturated carbocycles. The van der Waals surface area contributed by atoms with E-state index < -0.39 is 5.37 Å². The van der Waals surface area contributed by atoms with Crippen LogP contribution in [0.3, 0.4) is 0 Å². The van der Waals surface area contributed by atoms with Crippen LogP contribution in [0.5, 0.6) is 0 Å². The molecule has 0 heterocycles. The summed E-state index contributed by atoms with van der Waals surface area (Å²) < 4.78 is 5.58. The van der Waals surface area contributed by atoms with E-state index in [1.165, 1.54) is 24.3 Å². The van der Waals surface area contributed by atoms with Crippen molar-refractivity contribution in [2.45, 2.75) is 89.0 Å². The maximum Gasteiger partial charge on any atom is 0.302 e. The molecule has 5 rings (SSSR count). The number of carbonyl (C=O) groups is 2. The topological polar surface area (TPSA) is 86.5 Å². The number of rotatable bonds is 6. The van der Waals surface area contributed by atoms with Crippen LogP contribution in [0.4, 0.5) is 0 Å². The Hall–Kier alpha value is -2.15. The molecule has 0 amide bonds. The van der Waals surface area contributed by atoms with Crippen LogP contribution in [0.1, 0.15) is 72.6 Å². The first kappa shape index (κ1) is 26.5. The number of esters is 1. The molecule has 1 unspecified atom stereocenters. The molecule has 1 aromatic rings. The van der Waals surface area contributed by atoms with E-state index in [9.17, 15) is 19.7 Å². The average molecular weight is 526 g/mol. The second kappa shape index (κ2) is 9.87. The van der Waals surface area contributed by atoms with Gasteiger partial charge in [0.15, 0.2) is 0 Å². The van der Waals surface area contributed by atoms with E-state index in [0.717, 1.165) is 49.8 Å². The maximum absolute atomic E-state index is 13.2. The summed E-state index contributed by atoms with van der Waals surface area (Å²) in [5.74, 6) is 0.563. The van der Waals surface area contributed by atoms with Crippen molar-refractivity contribution in [1.82, 2.24) is 0 Å². The second-order valence-corrected chi connectivity index (χ2v) is 13.6.